The van der Waals surface area contributed by atoms with Crippen LogP contribution in [0.3, 0.4) is 0 Å². The Labute approximate surface area is 121 Å². The molecular formula is C15H16N4S. The van der Waals surface area contributed by atoms with E-state index in [0.29, 0.717) is 0 Å². The monoisotopic (exact) mass is 284 g/mol. The predicted octanol–water partition coefficient (Wildman–Crippen LogP) is 2.79. The highest BCUT2D eigenvalue weighted by atomic mass is 32.1. The fraction of sp³-hybridized carbons (Fsp3) is 0.333. The molecule has 1 saturated carbocycles. The molecular weight excluding hydrogens is 268 g/mol. The lowest BCUT2D eigenvalue weighted by Crippen LogP contribution is -2.14. The first-order valence-electron chi connectivity index (χ1n) is 6.96. The van der Waals surface area contributed by atoms with E-state index in [0.717, 1.165) is 29.7 Å². The van der Waals surface area contributed by atoms with Gasteiger partial charge >= 0.3 is 0 Å². The zero-order valence-corrected chi connectivity index (χ0v) is 11.9. The first-order valence-corrected chi connectivity index (χ1v) is 7.78. The number of nitrogens with zero attached hydrogens (tertiary/aromatic N) is 3. The average Bonchev–Trinajstić information content (AvgIpc) is 3.04. The molecule has 5 heteroatoms. The summed E-state index contributed by atoms with van der Waals surface area (Å²) in [6, 6.07) is 9.00. The highest BCUT2D eigenvalue weighted by Crippen LogP contribution is 2.22. The Balaban J connectivity index is 1.47. The third-order valence-electron chi connectivity index (χ3n) is 3.49. The topological polar surface area (TPSA) is 42.7 Å². The standard InChI is InChI=1S/C15H16N4S/c1-2-4-14-13(3-1)18-15(20-14)10-19-9-11(8-17-19)7-16-12-5-6-12/h1-4,8-9,12,16H,5-7,10H2. The van der Waals surface area contributed by atoms with Crippen LogP contribution in [0.25, 0.3) is 10.2 Å². The number of thiazole rings is 1. The van der Waals surface area contributed by atoms with Gasteiger partial charge in [0.25, 0.3) is 0 Å². The van der Waals surface area contributed by atoms with Crippen molar-refractivity contribution >= 4 is 21.6 Å². The minimum absolute atomic E-state index is 0.739. The van der Waals surface area contributed by atoms with Gasteiger partial charge < -0.3 is 5.32 Å². The lowest BCUT2D eigenvalue weighted by atomic mass is 10.3. The Morgan fingerprint density at radius 2 is 2.20 bits per heavy atom. The van der Waals surface area contributed by atoms with Crippen molar-refractivity contribution in [2.75, 3.05) is 0 Å². The van der Waals surface area contributed by atoms with Gasteiger partial charge in [-0.2, -0.15) is 5.10 Å². The second-order valence-electron chi connectivity index (χ2n) is 5.28. The summed E-state index contributed by atoms with van der Waals surface area (Å²) in [5, 5.41) is 9.04. The molecule has 0 bridgehead atoms. The predicted molar refractivity (Wildman–Crippen MR) is 80.8 cm³/mol. The van der Waals surface area contributed by atoms with Crippen molar-refractivity contribution in [3.05, 3.63) is 47.2 Å². The SMILES string of the molecule is c1ccc2sc(Cn3cc(CNC4CC4)cn3)nc2c1. The summed E-state index contributed by atoms with van der Waals surface area (Å²) >= 11 is 1.74. The van der Waals surface area contributed by atoms with Gasteiger partial charge in [0, 0.05) is 24.3 Å². The van der Waals surface area contributed by atoms with E-state index < -0.39 is 0 Å². The second kappa shape index (κ2) is 5.00. The maximum Gasteiger partial charge on any atom is 0.115 e. The van der Waals surface area contributed by atoms with E-state index in [2.05, 4.69) is 39.8 Å². The summed E-state index contributed by atoms with van der Waals surface area (Å²) in [6.45, 7) is 1.67. The number of hydrogen-bond acceptors (Lipinski definition) is 4. The number of benzene rings is 1. The van der Waals surface area contributed by atoms with Crippen LogP contribution in [-0.4, -0.2) is 20.8 Å². The Bertz CT molecular complexity index is 693. The highest BCUT2D eigenvalue weighted by molar-refractivity contribution is 7.18. The maximum absolute atomic E-state index is 4.64. The molecule has 1 aromatic carbocycles. The maximum atomic E-state index is 4.64. The van der Waals surface area contributed by atoms with Gasteiger partial charge in [-0.15, -0.1) is 11.3 Å². The van der Waals surface area contributed by atoms with Crippen molar-refractivity contribution in [1.82, 2.24) is 20.1 Å². The lowest BCUT2D eigenvalue weighted by Gasteiger charge is -1.98. The van der Waals surface area contributed by atoms with Crippen LogP contribution in [-0.2, 0) is 13.1 Å². The summed E-state index contributed by atoms with van der Waals surface area (Å²) in [7, 11) is 0. The molecule has 0 aliphatic heterocycles. The van der Waals surface area contributed by atoms with E-state index in [1.54, 1.807) is 11.3 Å². The van der Waals surface area contributed by atoms with E-state index in [1.165, 1.54) is 23.1 Å². The smallest absolute Gasteiger partial charge is 0.115 e. The molecule has 1 fully saturated rings. The molecule has 1 N–H and O–H groups in total. The molecule has 2 aromatic heterocycles. The Hall–Kier alpha value is -1.72. The second-order valence-corrected chi connectivity index (χ2v) is 6.39. The molecule has 0 unspecified atom stereocenters. The van der Waals surface area contributed by atoms with E-state index in [1.807, 2.05) is 16.9 Å². The van der Waals surface area contributed by atoms with Gasteiger partial charge in [0.1, 0.15) is 5.01 Å². The van der Waals surface area contributed by atoms with Crippen LogP contribution in [0.5, 0.6) is 0 Å². The number of hydrogen-bond donors (Lipinski definition) is 1. The Morgan fingerprint density at radius 1 is 1.30 bits per heavy atom. The van der Waals surface area contributed by atoms with Crippen LogP contribution in [0.4, 0.5) is 0 Å². The van der Waals surface area contributed by atoms with Crippen LogP contribution in [0.1, 0.15) is 23.4 Å². The molecule has 4 rings (SSSR count). The third-order valence-corrected chi connectivity index (χ3v) is 4.52. The molecule has 0 spiro atoms. The van der Waals surface area contributed by atoms with Crippen LogP contribution in [0, 0.1) is 0 Å². The number of rotatable bonds is 5. The molecule has 2 heterocycles. The zero-order chi connectivity index (χ0) is 13.4. The average molecular weight is 284 g/mol. The summed E-state index contributed by atoms with van der Waals surface area (Å²) in [4.78, 5) is 4.64. The van der Waals surface area contributed by atoms with Crippen molar-refractivity contribution < 1.29 is 0 Å². The van der Waals surface area contributed by atoms with E-state index in [4.69, 9.17) is 0 Å². The Kier molecular flexibility index (Phi) is 3.01. The van der Waals surface area contributed by atoms with Gasteiger partial charge in [0.2, 0.25) is 0 Å². The molecule has 4 nitrogen and oxygen atoms in total. The molecule has 1 aliphatic rings. The first kappa shape index (κ1) is 12.1. The number of fused-ring (bicyclic) bond motifs is 1. The number of nitrogens with one attached hydrogen (secondary N) is 1. The van der Waals surface area contributed by atoms with Gasteiger partial charge in [-0.1, -0.05) is 12.1 Å². The fourth-order valence-corrected chi connectivity index (χ4v) is 3.22. The fourth-order valence-electron chi connectivity index (χ4n) is 2.26. The van der Waals surface area contributed by atoms with E-state index in [9.17, 15) is 0 Å². The number of aromatic nitrogens is 3. The van der Waals surface area contributed by atoms with Crippen molar-refractivity contribution in [2.24, 2.45) is 0 Å². The molecule has 1 aliphatic carbocycles. The molecule has 0 atom stereocenters. The van der Waals surface area contributed by atoms with Gasteiger partial charge in [0.15, 0.2) is 0 Å². The summed E-state index contributed by atoms with van der Waals surface area (Å²) in [6.07, 6.45) is 6.70. The van der Waals surface area contributed by atoms with Gasteiger partial charge in [-0.25, -0.2) is 4.98 Å². The molecule has 0 radical (unpaired) electrons. The van der Waals surface area contributed by atoms with Crippen molar-refractivity contribution in [2.45, 2.75) is 32.0 Å². The summed E-state index contributed by atoms with van der Waals surface area (Å²) < 4.78 is 3.21. The van der Waals surface area contributed by atoms with Gasteiger partial charge in [-0.3, -0.25) is 4.68 Å². The van der Waals surface area contributed by atoms with Crippen LogP contribution in [0.2, 0.25) is 0 Å². The molecule has 102 valence electrons. The number of para-hydroxylation sites is 1. The van der Waals surface area contributed by atoms with Crippen molar-refractivity contribution in [1.29, 1.82) is 0 Å². The zero-order valence-electron chi connectivity index (χ0n) is 11.1. The molecule has 20 heavy (non-hydrogen) atoms. The van der Waals surface area contributed by atoms with Crippen LogP contribution < -0.4 is 5.32 Å². The van der Waals surface area contributed by atoms with Crippen molar-refractivity contribution in [3.8, 4) is 0 Å². The lowest BCUT2D eigenvalue weighted by molar-refractivity contribution is 0.673. The minimum Gasteiger partial charge on any atom is -0.310 e. The summed E-state index contributed by atoms with van der Waals surface area (Å²) in [5.74, 6) is 0. The molecule has 0 amide bonds. The minimum atomic E-state index is 0.739. The van der Waals surface area contributed by atoms with Gasteiger partial charge in [-0.05, 0) is 25.0 Å². The molecule has 0 saturated heterocycles. The quantitative estimate of drug-likeness (QED) is 0.783. The molecule has 3 aromatic rings. The van der Waals surface area contributed by atoms with E-state index >= 15 is 0 Å². The van der Waals surface area contributed by atoms with E-state index in [-0.39, 0.29) is 0 Å². The summed E-state index contributed by atoms with van der Waals surface area (Å²) in [5.41, 5.74) is 2.33. The highest BCUT2D eigenvalue weighted by Gasteiger charge is 2.20. The van der Waals surface area contributed by atoms with Gasteiger partial charge in [0.05, 0.1) is 23.0 Å². The normalized spacial score (nSPS) is 15.0. The van der Waals surface area contributed by atoms with Crippen LogP contribution >= 0.6 is 11.3 Å². The largest absolute Gasteiger partial charge is 0.310 e. The Morgan fingerprint density at radius 3 is 3.05 bits per heavy atom. The van der Waals surface area contributed by atoms with Crippen molar-refractivity contribution in [3.63, 3.8) is 0 Å². The first-order chi connectivity index (χ1) is 9.87. The third kappa shape index (κ3) is 2.59. The van der Waals surface area contributed by atoms with Crippen LogP contribution in [0.15, 0.2) is 36.7 Å².